The number of ether oxygens (including phenoxy) is 1. The van der Waals surface area contributed by atoms with Gasteiger partial charge >= 0.3 is 0 Å². The molecule has 0 bridgehead atoms. The largest absolute Gasteiger partial charge is 0.373 e. The maximum absolute atomic E-state index is 12.7. The molecule has 0 spiro atoms. The van der Waals surface area contributed by atoms with Gasteiger partial charge in [0.1, 0.15) is 5.41 Å². The number of fused-ring (bicyclic) bond motifs is 1. The Labute approximate surface area is 114 Å². The molecule has 0 N–H and O–H groups in total. The van der Waals surface area contributed by atoms with E-state index < -0.39 is 5.41 Å². The molecule has 4 nitrogen and oxygen atoms in total. The summed E-state index contributed by atoms with van der Waals surface area (Å²) in [5.41, 5.74) is -0.725. The SMILES string of the molecule is C[C@@H]1C[C@@H]2CCN(C(=O)C3(C#N)CCCC3)C[C@H]2O1. The molecule has 3 atom stereocenters. The summed E-state index contributed by atoms with van der Waals surface area (Å²) in [6.45, 7) is 3.61. The van der Waals surface area contributed by atoms with Gasteiger partial charge in [-0.25, -0.2) is 0 Å². The summed E-state index contributed by atoms with van der Waals surface area (Å²) in [7, 11) is 0. The van der Waals surface area contributed by atoms with E-state index in [0.29, 0.717) is 18.6 Å². The molecule has 2 heterocycles. The molecule has 3 fully saturated rings. The van der Waals surface area contributed by atoms with Crippen molar-refractivity contribution in [2.45, 2.75) is 57.7 Å². The minimum absolute atomic E-state index is 0.0640. The third kappa shape index (κ3) is 2.14. The molecule has 1 saturated carbocycles. The highest BCUT2D eigenvalue weighted by Gasteiger charge is 2.47. The van der Waals surface area contributed by atoms with E-state index in [0.717, 1.165) is 45.1 Å². The molecule has 104 valence electrons. The van der Waals surface area contributed by atoms with Gasteiger partial charge in [-0.3, -0.25) is 4.79 Å². The molecular formula is C15H22N2O2. The zero-order valence-electron chi connectivity index (χ0n) is 11.6. The van der Waals surface area contributed by atoms with Gasteiger partial charge in [-0.15, -0.1) is 0 Å². The molecule has 3 rings (SSSR count). The first kappa shape index (κ1) is 12.9. The van der Waals surface area contributed by atoms with Crippen LogP contribution in [-0.4, -0.2) is 36.1 Å². The number of hydrogen-bond acceptors (Lipinski definition) is 3. The lowest BCUT2D eigenvalue weighted by Gasteiger charge is -2.37. The average Bonchev–Trinajstić information content (AvgIpc) is 3.02. The van der Waals surface area contributed by atoms with Crippen LogP contribution >= 0.6 is 0 Å². The second-order valence-corrected chi connectivity index (χ2v) is 6.42. The predicted octanol–water partition coefficient (Wildman–Crippen LogP) is 2.10. The van der Waals surface area contributed by atoms with Gasteiger partial charge in [0.15, 0.2) is 0 Å². The Morgan fingerprint density at radius 3 is 2.84 bits per heavy atom. The van der Waals surface area contributed by atoms with Crippen molar-refractivity contribution in [3.63, 3.8) is 0 Å². The molecule has 2 saturated heterocycles. The first-order valence-electron chi connectivity index (χ1n) is 7.51. The zero-order chi connectivity index (χ0) is 13.5. The van der Waals surface area contributed by atoms with Gasteiger partial charge < -0.3 is 9.64 Å². The summed E-state index contributed by atoms with van der Waals surface area (Å²) >= 11 is 0. The number of rotatable bonds is 1. The number of nitriles is 1. The number of amides is 1. The standard InChI is InChI=1S/C15H22N2O2/c1-11-8-12-4-7-17(9-13(12)19-11)14(18)15(10-16)5-2-3-6-15/h11-13H,2-9H2,1H3/t11-,12+,13-/m1/s1. The van der Waals surface area contributed by atoms with Crippen molar-refractivity contribution in [2.24, 2.45) is 11.3 Å². The molecule has 0 radical (unpaired) electrons. The van der Waals surface area contributed by atoms with Crippen molar-refractivity contribution < 1.29 is 9.53 Å². The van der Waals surface area contributed by atoms with Crippen molar-refractivity contribution >= 4 is 5.91 Å². The van der Waals surface area contributed by atoms with E-state index in [1.165, 1.54) is 0 Å². The third-order valence-electron chi connectivity index (χ3n) is 5.11. The Hall–Kier alpha value is -1.08. The minimum Gasteiger partial charge on any atom is -0.373 e. The van der Waals surface area contributed by atoms with Gasteiger partial charge in [-0.1, -0.05) is 12.8 Å². The summed E-state index contributed by atoms with van der Waals surface area (Å²) < 4.78 is 5.90. The van der Waals surface area contributed by atoms with Gasteiger partial charge in [-0.05, 0) is 38.5 Å². The fourth-order valence-electron chi connectivity index (χ4n) is 4.01. The maximum atomic E-state index is 12.7. The molecular weight excluding hydrogens is 240 g/mol. The first-order valence-corrected chi connectivity index (χ1v) is 7.51. The third-order valence-corrected chi connectivity index (χ3v) is 5.11. The van der Waals surface area contributed by atoms with Gasteiger partial charge in [0, 0.05) is 13.1 Å². The smallest absolute Gasteiger partial charge is 0.243 e. The Bertz CT molecular complexity index is 409. The van der Waals surface area contributed by atoms with E-state index in [2.05, 4.69) is 13.0 Å². The number of carbonyl (C=O) groups excluding carboxylic acids is 1. The Morgan fingerprint density at radius 2 is 2.16 bits per heavy atom. The highest BCUT2D eigenvalue weighted by atomic mass is 16.5. The molecule has 4 heteroatoms. The molecule has 1 aliphatic carbocycles. The summed E-state index contributed by atoms with van der Waals surface area (Å²) in [4.78, 5) is 14.6. The van der Waals surface area contributed by atoms with E-state index in [9.17, 15) is 10.1 Å². The van der Waals surface area contributed by atoms with Crippen LogP contribution < -0.4 is 0 Å². The number of carbonyl (C=O) groups is 1. The summed E-state index contributed by atoms with van der Waals surface area (Å²) in [5, 5.41) is 9.42. The quantitative estimate of drug-likeness (QED) is 0.727. The second kappa shape index (κ2) is 4.79. The van der Waals surface area contributed by atoms with Crippen LogP contribution in [0.3, 0.4) is 0 Å². The van der Waals surface area contributed by atoms with Crippen molar-refractivity contribution in [2.75, 3.05) is 13.1 Å². The molecule has 0 aromatic heterocycles. The highest BCUT2D eigenvalue weighted by Crippen LogP contribution is 2.41. The molecule has 0 unspecified atom stereocenters. The van der Waals surface area contributed by atoms with Crippen LogP contribution in [0.15, 0.2) is 0 Å². The fourth-order valence-corrected chi connectivity index (χ4v) is 4.01. The monoisotopic (exact) mass is 262 g/mol. The van der Waals surface area contributed by atoms with E-state index >= 15 is 0 Å². The summed E-state index contributed by atoms with van der Waals surface area (Å²) in [6.07, 6.45) is 6.16. The zero-order valence-corrected chi connectivity index (χ0v) is 11.6. The van der Waals surface area contributed by atoms with Crippen molar-refractivity contribution in [1.82, 2.24) is 4.90 Å². The lowest BCUT2D eigenvalue weighted by molar-refractivity contribution is -0.143. The van der Waals surface area contributed by atoms with Crippen LogP contribution in [-0.2, 0) is 9.53 Å². The molecule has 19 heavy (non-hydrogen) atoms. The first-order chi connectivity index (χ1) is 9.14. The Kier molecular flexibility index (Phi) is 3.26. The fraction of sp³-hybridized carbons (Fsp3) is 0.867. The number of piperidine rings is 1. The van der Waals surface area contributed by atoms with Crippen LogP contribution in [0, 0.1) is 22.7 Å². The molecule has 2 aliphatic heterocycles. The maximum Gasteiger partial charge on any atom is 0.243 e. The lowest BCUT2D eigenvalue weighted by atomic mass is 9.84. The van der Waals surface area contributed by atoms with Gasteiger partial charge in [-0.2, -0.15) is 5.26 Å². The molecule has 1 amide bonds. The molecule has 0 aromatic carbocycles. The van der Waals surface area contributed by atoms with Crippen LogP contribution in [0.4, 0.5) is 0 Å². The van der Waals surface area contributed by atoms with Crippen molar-refractivity contribution in [1.29, 1.82) is 5.26 Å². The number of hydrogen-bond donors (Lipinski definition) is 0. The van der Waals surface area contributed by atoms with Crippen molar-refractivity contribution in [3.8, 4) is 6.07 Å². The van der Waals surface area contributed by atoms with Gasteiger partial charge in [0.25, 0.3) is 0 Å². The second-order valence-electron chi connectivity index (χ2n) is 6.42. The topological polar surface area (TPSA) is 53.3 Å². The van der Waals surface area contributed by atoms with Gasteiger partial charge in [0.05, 0.1) is 18.3 Å². The normalized spacial score (nSPS) is 36.8. The predicted molar refractivity (Wildman–Crippen MR) is 70.2 cm³/mol. The van der Waals surface area contributed by atoms with Crippen LogP contribution in [0.1, 0.15) is 45.4 Å². The van der Waals surface area contributed by atoms with Crippen LogP contribution in [0.25, 0.3) is 0 Å². The summed E-state index contributed by atoms with van der Waals surface area (Å²) in [6, 6.07) is 2.31. The van der Waals surface area contributed by atoms with Crippen LogP contribution in [0.2, 0.25) is 0 Å². The minimum atomic E-state index is -0.725. The molecule has 3 aliphatic rings. The highest BCUT2D eigenvalue weighted by molar-refractivity contribution is 5.86. The van der Waals surface area contributed by atoms with E-state index in [1.54, 1.807) is 0 Å². The van der Waals surface area contributed by atoms with E-state index in [1.807, 2.05) is 4.90 Å². The molecule has 0 aromatic rings. The number of nitrogens with zero attached hydrogens (tertiary/aromatic N) is 2. The number of likely N-dealkylation sites (tertiary alicyclic amines) is 1. The van der Waals surface area contributed by atoms with Crippen molar-refractivity contribution in [3.05, 3.63) is 0 Å². The average molecular weight is 262 g/mol. The van der Waals surface area contributed by atoms with Crippen LogP contribution in [0.5, 0.6) is 0 Å². The van der Waals surface area contributed by atoms with Gasteiger partial charge in [0.2, 0.25) is 5.91 Å². The lowest BCUT2D eigenvalue weighted by Crippen LogP contribution is -2.50. The van der Waals surface area contributed by atoms with E-state index in [4.69, 9.17) is 4.74 Å². The van der Waals surface area contributed by atoms with E-state index in [-0.39, 0.29) is 12.0 Å². The summed E-state index contributed by atoms with van der Waals surface area (Å²) in [5.74, 6) is 0.676. The Morgan fingerprint density at radius 1 is 1.42 bits per heavy atom. The Balaban J connectivity index is 1.70.